The topological polar surface area (TPSA) is 88.5 Å². The summed E-state index contributed by atoms with van der Waals surface area (Å²) in [7, 11) is 0. The highest BCUT2D eigenvalue weighted by molar-refractivity contribution is 9.09. The largest absolute Gasteiger partial charge is 0.396 e. The standard InChI is InChI=1S/C24H27Br.C24H28O.2CO2/c2*1-17-11-12-22-20(15-17)16-23(24(22)19-8-3-2-4-9-19)21-10-6-5-7-18(21)13-14-25;2*2-1-3/h5-7,10-12,15,19H,2-4,8-9,13-14,16H2,1H3;5-7,10-12,15,19,25H,2-4,8-9,13-14,16H2,1H3;;. The van der Waals surface area contributed by atoms with Crippen LogP contribution in [0.4, 0.5) is 0 Å². The number of rotatable bonds is 8. The van der Waals surface area contributed by atoms with E-state index in [0.717, 1.165) is 36.9 Å². The Morgan fingerprint density at radius 2 is 0.946 bits per heavy atom. The SMILES string of the molecule is Cc1ccc2c(c1)CC(c1ccccc1CCBr)=C2C1CCCCC1.Cc1ccc2c(c1)CC(c1ccccc1CCO)=C2C1CCCCC1.O=C=O.O=C=O. The normalized spacial score (nSPS) is 16.2. The van der Waals surface area contributed by atoms with Gasteiger partial charge in [0.15, 0.2) is 0 Å². The number of aliphatic hydroxyl groups excluding tert-OH is 1. The molecule has 0 heterocycles. The maximum absolute atomic E-state index is 9.50. The quantitative estimate of drug-likeness (QED) is 0.179. The first-order valence-corrected chi connectivity index (χ1v) is 21.5. The number of allylic oxidation sites excluding steroid dienone is 4. The van der Waals surface area contributed by atoms with Crippen LogP contribution in [-0.4, -0.2) is 29.3 Å². The average Bonchev–Trinajstić information content (AvgIpc) is 3.78. The van der Waals surface area contributed by atoms with Gasteiger partial charge in [-0.1, -0.05) is 151 Å². The van der Waals surface area contributed by atoms with Gasteiger partial charge >= 0.3 is 12.3 Å². The first-order valence-electron chi connectivity index (χ1n) is 20.4. The van der Waals surface area contributed by atoms with Crippen molar-refractivity contribution >= 4 is 50.5 Å². The lowest BCUT2D eigenvalue weighted by Gasteiger charge is -2.26. The van der Waals surface area contributed by atoms with E-state index in [9.17, 15) is 5.11 Å². The molecular weight excluding hydrogens is 760 g/mol. The molecule has 0 aromatic heterocycles. The fourth-order valence-electron chi connectivity index (χ4n) is 9.64. The highest BCUT2D eigenvalue weighted by Gasteiger charge is 2.31. The number of aliphatic hydroxyl groups is 1. The molecule has 5 nitrogen and oxygen atoms in total. The van der Waals surface area contributed by atoms with E-state index < -0.39 is 0 Å². The summed E-state index contributed by atoms with van der Waals surface area (Å²) in [5.74, 6) is 1.46. The molecule has 4 aromatic carbocycles. The molecular formula is C50H55BrO5. The summed E-state index contributed by atoms with van der Waals surface area (Å²) in [6.45, 7) is 4.63. The fraction of sp³-hybridized carbons (Fsp3) is 0.400. The van der Waals surface area contributed by atoms with E-state index in [0.29, 0.717) is 5.92 Å². The Morgan fingerprint density at radius 1 is 0.554 bits per heavy atom. The van der Waals surface area contributed by atoms with Crippen LogP contribution in [0, 0.1) is 25.7 Å². The number of benzene rings is 4. The first-order chi connectivity index (χ1) is 27.4. The molecule has 292 valence electrons. The molecule has 56 heavy (non-hydrogen) atoms. The second-order valence-electron chi connectivity index (χ2n) is 15.5. The summed E-state index contributed by atoms with van der Waals surface area (Å²) in [6.07, 6.45) is 18.2. The Labute approximate surface area is 341 Å². The molecule has 4 aliphatic carbocycles. The van der Waals surface area contributed by atoms with Crippen LogP contribution in [0.2, 0.25) is 0 Å². The molecule has 1 N–H and O–H groups in total. The van der Waals surface area contributed by atoms with Crippen LogP contribution in [0.1, 0.15) is 120 Å². The highest BCUT2D eigenvalue weighted by Crippen LogP contribution is 2.49. The molecule has 0 bridgehead atoms. The molecule has 0 radical (unpaired) electrons. The van der Waals surface area contributed by atoms with E-state index in [1.54, 1.807) is 27.8 Å². The summed E-state index contributed by atoms with van der Waals surface area (Å²) in [4.78, 5) is 32.5. The molecule has 0 spiro atoms. The smallest absolute Gasteiger partial charge is 0.373 e. The molecule has 2 saturated carbocycles. The van der Waals surface area contributed by atoms with Crippen LogP contribution >= 0.6 is 15.9 Å². The molecule has 4 aromatic rings. The van der Waals surface area contributed by atoms with Crippen molar-refractivity contribution in [1.82, 2.24) is 0 Å². The van der Waals surface area contributed by atoms with Gasteiger partial charge in [-0.05, 0) is 144 Å². The Hall–Kier alpha value is -4.44. The van der Waals surface area contributed by atoms with Gasteiger partial charge in [0.05, 0.1) is 0 Å². The van der Waals surface area contributed by atoms with E-state index in [1.807, 2.05) is 0 Å². The predicted octanol–water partition coefficient (Wildman–Crippen LogP) is 11.4. The minimum atomic E-state index is 0.217. The van der Waals surface area contributed by atoms with Crippen LogP contribution in [-0.2, 0) is 44.9 Å². The van der Waals surface area contributed by atoms with E-state index in [1.165, 1.54) is 114 Å². The number of hydrogen-bond acceptors (Lipinski definition) is 5. The number of aryl methyl sites for hydroxylation is 3. The minimum Gasteiger partial charge on any atom is -0.396 e. The molecule has 0 unspecified atom stereocenters. The number of carbonyl (C=O) groups excluding carboxylic acids is 4. The first kappa shape index (κ1) is 42.7. The molecule has 0 atom stereocenters. The van der Waals surface area contributed by atoms with E-state index >= 15 is 0 Å². The number of hydrogen-bond donors (Lipinski definition) is 1. The lowest BCUT2D eigenvalue weighted by atomic mass is 9.79. The molecule has 6 heteroatoms. The van der Waals surface area contributed by atoms with Crippen molar-refractivity contribution in [3.63, 3.8) is 0 Å². The van der Waals surface area contributed by atoms with Gasteiger partial charge in [-0.3, -0.25) is 0 Å². The monoisotopic (exact) mass is 814 g/mol. The Morgan fingerprint density at radius 3 is 1.34 bits per heavy atom. The Bertz CT molecular complexity index is 1920. The van der Waals surface area contributed by atoms with Crippen molar-refractivity contribution in [3.05, 3.63) is 141 Å². The molecule has 0 amide bonds. The third-order valence-electron chi connectivity index (χ3n) is 11.9. The fourth-order valence-corrected chi connectivity index (χ4v) is 10.1. The molecule has 0 aliphatic heterocycles. The van der Waals surface area contributed by atoms with Crippen LogP contribution in [0.5, 0.6) is 0 Å². The maximum Gasteiger partial charge on any atom is 0.373 e. The van der Waals surface area contributed by atoms with Gasteiger partial charge in [0.1, 0.15) is 0 Å². The number of fused-ring (bicyclic) bond motifs is 2. The van der Waals surface area contributed by atoms with E-state index in [4.69, 9.17) is 19.2 Å². The highest BCUT2D eigenvalue weighted by atomic mass is 79.9. The van der Waals surface area contributed by atoms with Gasteiger partial charge in [-0.25, -0.2) is 0 Å². The summed E-state index contributed by atoms with van der Waals surface area (Å²) in [6, 6.07) is 31.9. The van der Waals surface area contributed by atoms with Crippen LogP contribution in [0.15, 0.2) is 84.9 Å². The van der Waals surface area contributed by atoms with Crippen molar-refractivity contribution in [2.75, 3.05) is 11.9 Å². The van der Waals surface area contributed by atoms with Crippen molar-refractivity contribution in [2.24, 2.45) is 11.8 Å². The van der Waals surface area contributed by atoms with Gasteiger partial charge in [0, 0.05) is 11.9 Å². The Balaban J connectivity index is 0.000000188. The van der Waals surface area contributed by atoms with Crippen molar-refractivity contribution in [2.45, 2.75) is 104 Å². The minimum absolute atomic E-state index is 0.217. The third-order valence-corrected chi connectivity index (χ3v) is 12.3. The zero-order chi connectivity index (χ0) is 39.9. The lowest BCUT2D eigenvalue weighted by molar-refractivity contribution is -0.193. The summed E-state index contributed by atoms with van der Waals surface area (Å²) in [5, 5.41) is 10.5. The summed E-state index contributed by atoms with van der Waals surface area (Å²) < 4.78 is 0. The predicted molar refractivity (Wildman–Crippen MR) is 228 cm³/mol. The molecule has 8 rings (SSSR count). The maximum atomic E-state index is 9.50. The van der Waals surface area contributed by atoms with Gasteiger partial charge in [0.25, 0.3) is 0 Å². The van der Waals surface area contributed by atoms with Crippen molar-refractivity contribution in [3.8, 4) is 0 Å². The van der Waals surface area contributed by atoms with Gasteiger partial charge < -0.3 is 5.11 Å². The van der Waals surface area contributed by atoms with E-state index in [-0.39, 0.29) is 18.9 Å². The van der Waals surface area contributed by atoms with Crippen molar-refractivity contribution in [1.29, 1.82) is 0 Å². The number of halogens is 1. The Kier molecular flexibility index (Phi) is 16.6. The zero-order valence-corrected chi connectivity index (χ0v) is 34.6. The molecule has 0 saturated heterocycles. The van der Waals surface area contributed by atoms with Crippen LogP contribution < -0.4 is 0 Å². The lowest BCUT2D eigenvalue weighted by Crippen LogP contribution is -2.09. The number of alkyl halides is 1. The zero-order valence-electron chi connectivity index (χ0n) is 33.0. The third kappa shape index (κ3) is 10.5. The van der Waals surface area contributed by atoms with Gasteiger partial charge in [-0.2, -0.15) is 19.2 Å². The average molecular weight is 816 g/mol. The van der Waals surface area contributed by atoms with Crippen LogP contribution in [0.3, 0.4) is 0 Å². The molecule has 4 aliphatic rings. The second-order valence-corrected chi connectivity index (χ2v) is 16.3. The van der Waals surface area contributed by atoms with Crippen molar-refractivity contribution < 1.29 is 24.3 Å². The van der Waals surface area contributed by atoms with Crippen LogP contribution in [0.25, 0.3) is 22.3 Å². The van der Waals surface area contributed by atoms with Gasteiger partial charge in [-0.15, -0.1) is 0 Å². The summed E-state index contributed by atoms with van der Waals surface area (Å²) in [5.41, 5.74) is 20.9. The van der Waals surface area contributed by atoms with Gasteiger partial charge in [0.2, 0.25) is 0 Å². The summed E-state index contributed by atoms with van der Waals surface area (Å²) >= 11 is 3.64. The van der Waals surface area contributed by atoms with E-state index in [2.05, 4.69) is 115 Å². The second kappa shape index (κ2) is 21.8. The molecule has 2 fully saturated rings.